The molecule has 0 radical (unpaired) electrons. The third kappa shape index (κ3) is 3.83. The van der Waals surface area contributed by atoms with Crippen molar-refractivity contribution in [3.8, 4) is 0 Å². The van der Waals surface area contributed by atoms with Crippen LogP contribution in [0.15, 0.2) is 36.9 Å². The van der Waals surface area contributed by atoms with Crippen molar-refractivity contribution in [1.29, 1.82) is 0 Å². The van der Waals surface area contributed by atoms with Gasteiger partial charge in [0.05, 0.1) is 0 Å². The van der Waals surface area contributed by atoms with Crippen LogP contribution in [0.5, 0.6) is 0 Å². The number of rotatable bonds is 11. The number of hydrogen-bond donors (Lipinski definition) is 0. The third-order valence-corrected chi connectivity index (χ3v) is 10.8. The van der Waals surface area contributed by atoms with Crippen LogP contribution in [0.4, 0.5) is 0 Å². The summed E-state index contributed by atoms with van der Waals surface area (Å²) in [6, 6.07) is 10.8. The van der Waals surface area contributed by atoms with Crippen LogP contribution in [0, 0.1) is 0 Å². The van der Waals surface area contributed by atoms with Gasteiger partial charge in [0.15, 0.2) is 0 Å². The monoisotopic (exact) mass is 347 g/mol. The second-order valence-electron chi connectivity index (χ2n) is 6.00. The molecule has 1 aromatic carbocycles. The maximum atomic E-state index is 4.68. The van der Waals surface area contributed by atoms with E-state index in [4.69, 9.17) is 0 Å². The predicted octanol–water partition coefficient (Wildman–Crippen LogP) is 4.20. The van der Waals surface area contributed by atoms with E-state index in [9.17, 15) is 0 Å². The van der Waals surface area contributed by atoms with Gasteiger partial charge in [-0.05, 0) is 50.0 Å². The predicted molar refractivity (Wildman–Crippen MR) is 110 cm³/mol. The second kappa shape index (κ2) is 10.1. The van der Waals surface area contributed by atoms with Gasteiger partial charge in [0.2, 0.25) is 0 Å². The molecule has 0 aliphatic rings. The summed E-state index contributed by atoms with van der Waals surface area (Å²) in [5, 5.41) is 1.32. The highest BCUT2D eigenvalue weighted by Gasteiger charge is 2.51. The fourth-order valence-corrected chi connectivity index (χ4v) is 9.54. The SMILES string of the molecule is C=C(c1ccccc1)[Si](N(CC)CC)(N(CC)CC)N(CC)CC. The molecule has 1 aromatic rings. The van der Waals surface area contributed by atoms with E-state index < -0.39 is 8.56 Å². The maximum Gasteiger partial charge on any atom is 0.323 e. The van der Waals surface area contributed by atoms with Gasteiger partial charge in [0.25, 0.3) is 0 Å². The normalized spacial score (nSPS) is 12.4. The van der Waals surface area contributed by atoms with Gasteiger partial charge in [-0.25, -0.2) is 0 Å². The van der Waals surface area contributed by atoms with Crippen LogP contribution < -0.4 is 0 Å². The van der Waals surface area contributed by atoms with E-state index >= 15 is 0 Å². The Kier molecular flexibility index (Phi) is 8.91. The fraction of sp³-hybridized carbons (Fsp3) is 0.600. The van der Waals surface area contributed by atoms with Crippen LogP contribution in [0.25, 0.3) is 5.20 Å². The maximum absolute atomic E-state index is 4.68. The number of benzene rings is 1. The lowest BCUT2D eigenvalue weighted by Crippen LogP contribution is -2.75. The van der Waals surface area contributed by atoms with Crippen molar-refractivity contribution in [3.63, 3.8) is 0 Å². The lowest BCUT2D eigenvalue weighted by atomic mass is 10.2. The number of hydrogen-bond acceptors (Lipinski definition) is 3. The molecule has 24 heavy (non-hydrogen) atoms. The molecule has 0 amide bonds. The Labute approximate surface area is 151 Å². The molecule has 0 saturated carbocycles. The molecule has 0 bridgehead atoms. The van der Waals surface area contributed by atoms with Crippen LogP contribution >= 0.6 is 0 Å². The molecule has 0 unspecified atom stereocenters. The zero-order valence-electron chi connectivity index (χ0n) is 16.7. The van der Waals surface area contributed by atoms with Gasteiger partial charge in [-0.15, -0.1) is 0 Å². The van der Waals surface area contributed by atoms with Crippen molar-refractivity contribution in [2.75, 3.05) is 39.3 Å². The summed E-state index contributed by atoms with van der Waals surface area (Å²) in [7, 11) is -2.22. The Morgan fingerprint density at radius 1 is 0.708 bits per heavy atom. The van der Waals surface area contributed by atoms with E-state index in [0.717, 1.165) is 39.3 Å². The van der Waals surface area contributed by atoms with Gasteiger partial charge < -0.3 is 0 Å². The molecule has 0 saturated heterocycles. The van der Waals surface area contributed by atoms with Crippen molar-refractivity contribution in [1.82, 2.24) is 13.7 Å². The van der Waals surface area contributed by atoms with Gasteiger partial charge >= 0.3 is 8.56 Å². The van der Waals surface area contributed by atoms with Gasteiger partial charge in [-0.1, -0.05) is 78.5 Å². The molecule has 0 aliphatic heterocycles. The van der Waals surface area contributed by atoms with Crippen molar-refractivity contribution < 1.29 is 0 Å². The molecule has 0 N–H and O–H groups in total. The molecular formula is C20H37N3Si. The minimum atomic E-state index is -2.22. The molecular weight excluding hydrogens is 310 g/mol. The Balaban J connectivity index is 3.64. The minimum Gasteiger partial charge on any atom is -0.296 e. The fourth-order valence-electron chi connectivity index (χ4n) is 4.00. The highest BCUT2D eigenvalue weighted by molar-refractivity contribution is 6.89. The Bertz CT molecular complexity index is 446. The smallest absolute Gasteiger partial charge is 0.296 e. The summed E-state index contributed by atoms with van der Waals surface area (Å²) < 4.78 is 8.09. The van der Waals surface area contributed by atoms with Crippen LogP contribution in [0.2, 0.25) is 0 Å². The average molecular weight is 348 g/mol. The molecule has 0 spiro atoms. The second-order valence-corrected chi connectivity index (χ2v) is 9.77. The Morgan fingerprint density at radius 2 is 1.04 bits per heavy atom. The van der Waals surface area contributed by atoms with Crippen molar-refractivity contribution in [3.05, 3.63) is 42.5 Å². The standard InChI is InChI=1S/C20H37N3Si/c1-8-21(9-2)24(22(10-3)11-4,23(12-5)13-6)19(7)20-17-15-14-16-18-20/h14-18H,7-13H2,1-6H3. The highest BCUT2D eigenvalue weighted by Crippen LogP contribution is 2.33. The average Bonchev–Trinajstić information content (AvgIpc) is 2.64. The van der Waals surface area contributed by atoms with E-state index in [2.05, 4.69) is 92.1 Å². The van der Waals surface area contributed by atoms with E-state index in [1.54, 1.807) is 0 Å². The first-order chi connectivity index (χ1) is 11.6. The van der Waals surface area contributed by atoms with Gasteiger partial charge in [-0.3, -0.25) is 13.7 Å². The first-order valence-electron chi connectivity index (χ1n) is 9.58. The summed E-state index contributed by atoms with van der Waals surface area (Å²) in [6.45, 7) is 24.8. The zero-order valence-corrected chi connectivity index (χ0v) is 17.7. The quantitative estimate of drug-likeness (QED) is 0.555. The van der Waals surface area contributed by atoms with Crippen LogP contribution in [-0.2, 0) is 0 Å². The molecule has 1 rings (SSSR count). The highest BCUT2D eigenvalue weighted by atomic mass is 28.4. The molecule has 4 heteroatoms. The summed E-state index contributed by atoms with van der Waals surface area (Å²) >= 11 is 0. The lowest BCUT2D eigenvalue weighted by Gasteiger charge is -2.54. The Hall–Kier alpha value is -0.943. The zero-order chi connectivity index (χ0) is 18.2. The topological polar surface area (TPSA) is 9.72 Å². The molecule has 0 fully saturated rings. The Morgan fingerprint density at radius 3 is 1.33 bits per heavy atom. The van der Waals surface area contributed by atoms with Gasteiger partial charge in [0, 0.05) is 0 Å². The largest absolute Gasteiger partial charge is 0.323 e. The molecule has 136 valence electrons. The summed E-state index contributed by atoms with van der Waals surface area (Å²) in [6.07, 6.45) is 0. The van der Waals surface area contributed by atoms with Gasteiger partial charge in [-0.2, -0.15) is 0 Å². The van der Waals surface area contributed by atoms with Crippen molar-refractivity contribution in [2.45, 2.75) is 41.5 Å². The minimum absolute atomic E-state index is 1.06. The first kappa shape index (κ1) is 21.1. The van der Waals surface area contributed by atoms with Crippen LogP contribution in [-0.4, -0.2) is 61.5 Å². The molecule has 0 atom stereocenters. The first-order valence-corrected chi connectivity index (χ1v) is 11.4. The van der Waals surface area contributed by atoms with Crippen molar-refractivity contribution in [2.24, 2.45) is 0 Å². The molecule has 0 aromatic heterocycles. The van der Waals surface area contributed by atoms with Crippen LogP contribution in [0.1, 0.15) is 47.1 Å². The van der Waals surface area contributed by atoms with Gasteiger partial charge in [0.1, 0.15) is 0 Å². The number of nitrogens with zero attached hydrogens (tertiary/aromatic N) is 3. The lowest BCUT2D eigenvalue weighted by molar-refractivity contribution is 0.277. The summed E-state index contributed by atoms with van der Waals surface area (Å²) in [5.74, 6) is 0. The molecule has 3 nitrogen and oxygen atoms in total. The van der Waals surface area contributed by atoms with E-state index in [0.29, 0.717) is 0 Å². The van der Waals surface area contributed by atoms with E-state index in [-0.39, 0.29) is 0 Å². The summed E-state index contributed by atoms with van der Waals surface area (Å²) in [5.41, 5.74) is 1.29. The summed E-state index contributed by atoms with van der Waals surface area (Å²) in [4.78, 5) is 0. The molecule has 0 heterocycles. The van der Waals surface area contributed by atoms with E-state index in [1.165, 1.54) is 10.8 Å². The van der Waals surface area contributed by atoms with Crippen molar-refractivity contribution >= 4 is 13.8 Å². The van der Waals surface area contributed by atoms with E-state index in [1.807, 2.05) is 0 Å². The van der Waals surface area contributed by atoms with Crippen LogP contribution in [0.3, 0.4) is 0 Å². The third-order valence-electron chi connectivity index (χ3n) is 5.14. The molecule has 0 aliphatic carbocycles.